The average Bonchev–Trinajstić information content (AvgIpc) is 3.14. The first-order chi connectivity index (χ1) is 13.4. The Kier molecular flexibility index (Phi) is 6.76. The minimum atomic E-state index is -1.11. The molecule has 2 heterocycles. The Morgan fingerprint density at radius 2 is 2.18 bits per heavy atom. The second kappa shape index (κ2) is 9.08. The number of hydroxylamine groups is 1. The maximum absolute atomic E-state index is 12.6. The summed E-state index contributed by atoms with van der Waals surface area (Å²) in [5, 5.41) is 21.8. The quantitative estimate of drug-likeness (QED) is 0.380. The molecule has 0 aliphatic rings. The van der Waals surface area contributed by atoms with E-state index in [1.165, 1.54) is 6.20 Å². The van der Waals surface area contributed by atoms with E-state index in [4.69, 9.17) is 33.1 Å². The lowest BCUT2D eigenvalue weighted by atomic mass is 10.2. The van der Waals surface area contributed by atoms with Gasteiger partial charge in [-0.3, -0.25) is 9.63 Å². The molecule has 0 radical (unpaired) electrons. The van der Waals surface area contributed by atoms with Crippen LogP contribution in [0.4, 0.5) is 11.4 Å². The predicted octanol–water partition coefficient (Wildman–Crippen LogP) is 3.16. The summed E-state index contributed by atoms with van der Waals surface area (Å²) in [6.07, 6.45) is 3.61. The number of aliphatic hydroxyl groups excluding tert-OH is 2. The number of aromatic nitrogens is 2. The first-order valence-electron chi connectivity index (χ1n) is 7.99. The van der Waals surface area contributed by atoms with E-state index >= 15 is 0 Å². The normalized spacial score (nSPS) is 12.2. The van der Waals surface area contributed by atoms with Gasteiger partial charge in [0.25, 0.3) is 5.91 Å². The smallest absolute Gasteiger partial charge is 0.278 e. The van der Waals surface area contributed by atoms with Gasteiger partial charge >= 0.3 is 0 Å². The molecule has 148 valence electrons. The van der Waals surface area contributed by atoms with E-state index in [9.17, 15) is 9.90 Å². The lowest BCUT2D eigenvalue weighted by Crippen LogP contribution is -2.30. The largest absolute Gasteiger partial charge is 0.394 e. The molecule has 0 aliphatic heterocycles. The fraction of sp³-hybridized carbons (Fsp3) is 0.176. The summed E-state index contributed by atoms with van der Waals surface area (Å²) in [5.74, 6) is -0.613. The molecule has 0 fully saturated rings. The monoisotopic (exact) mass is 488 g/mol. The lowest BCUT2D eigenvalue weighted by Gasteiger charge is -2.16. The van der Waals surface area contributed by atoms with Crippen molar-refractivity contribution in [2.75, 3.05) is 18.5 Å². The maximum atomic E-state index is 12.6. The van der Waals surface area contributed by atoms with Gasteiger partial charge in [-0.2, -0.15) is 0 Å². The summed E-state index contributed by atoms with van der Waals surface area (Å²) >= 11 is 16.1. The number of rotatable bonds is 7. The number of imidazole rings is 1. The molecule has 3 aromatic rings. The van der Waals surface area contributed by atoms with Crippen LogP contribution in [0.2, 0.25) is 10.0 Å². The molecule has 8 nitrogen and oxygen atoms in total. The Morgan fingerprint density at radius 3 is 2.89 bits per heavy atom. The number of pyridine rings is 1. The summed E-state index contributed by atoms with van der Waals surface area (Å²) in [6, 6.07) is 5.22. The van der Waals surface area contributed by atoms with Crippen molar-refractivity contribution >= 4 is 62.1 Å². The van der Waals surface area contributed by atoms with Gasteiger partial charge in [-0.1, -0.05) is 39.1 Å². The molecule has 0 aliphatic carbocycles. The molecule has 4 N–H and O–H groups in total. The number of amides is 1. The predicted molar refractivity (Wildman–Crippen MR) is 109 cm³/mol. The van der Waals surface area contributed by atoms with Crippen LogP contribution >= 0.6 is 39.1 Å². The third-order valence-electron chi connectivity index (χ3n) is 3.71. The van der Waals surface area contributed by atoms with Crippen molar-refractivity contribution in [3.05, 3.63) is 56.9 Å². The van der Waals surface area contributed by atoms with Gasteiger partial charge in [0.1, 0.15) is 17.7 Å². The number of benzene rings is 1. The number of nitrogens with one attached hydrogen (secondary N) is 2. The van der Waals surface area contributed by atoms with Crippen LogP contribution in [0.1, 0.15) is 10.4 Å². The zero-order valence-electron chi connectivity index (χ0n) is 14.2. The van der Waals surface area contributed by atoms with E-state index in [-0.39, 0.29) is 22.9 Å². The first kappa shape index (κ1) is 20.8. The summed E-state index contributed by atoms with van der Waals surface area (Å²) < 4.78 is 2.39. The van der Waals surface area contributed by atoms with E-state index in [1.54, 1.807) is 35.0 Å². The van der Waals surface area contributed by atoms with Gasteiger partial charge in [-0.05, 0) is 18.2 Å². The maximum Gasteiger partial charge on any atom is 0.278 e. The fourth-order valence-corrected chi connectivity index (χ4v) is 3.37. The van der Waals surface area contributed by atoms with Crippen LogP contribution in [0, 0.1) is 0 Å². The summed E-state index contributed by atoms with van der Waals surface area (Å²) in [6.45, 7) is -0.762. The van der Waals surface area contributed by atoms with Gasteiger partial charge in [0, 0.05) is 23.1 Å². The van der Waals surface area contributed by atoms with Crippen LogP contribution < -0.4 is 10.8 Å². The van der Waals surface area contributed by atoms with Crippen LogP contribution in [0.15, 0.2) is 41.3 Å². The molecule has 1 atom stereocenters. The highest BCUT2D eigenvalue weighted by molar-refractivity contribution is 9.10. The van der Waals surface area contributed by atoms with Crippen molar-refractivity contribution in [2.45, 2.75) is 6.10 Å². The minimum Gasteiger partial charge on any atom is -0.394 e. The zero-order valence-corrected chi connectivity index (χ0v) is 17.3. The van der Waals surface area contributed by atoms with Crippen LogP contribution in [0.5, 0.6) is 0 Å². The SMILES string of the molecule is O=C(NOCC(O)CO)c1cn2ccnc2c(Cl)c1Nc1ccc(Br)cc1Cl. The Balaban J connectivity index is 1.96. The van der Waals surface area contributed by atoms with Crippen LogP contribution in [-0.2, 0) is 4.84 Å². The molecular weight excluding hydrogens is 475 g/mol. The highest BCUT2D eigenvalue weighted by Crippen LogP contribution is 2.35. The molecule has 0 saturated carbocycles. The number of carbonyl (C=O) groups excluding carboxylic acids is 1. The van der Waals surface area contributed by atoms with Crippen molar-refractivity contribution in [3.8, 4) is 0 Å². The molecule has 1 amide bonds. The number of anilines is 2. The fourth-order valence-electron chi connectivity index (χ4n) is 2.35. The number of carbonyl (C=O) groups is 1. The molecule has 0 spiro atoms. The number of nitrogens with zero attached hydrogens (tertiary/aromatic N) is 2. The van der Waals surface area contributed by atoms with Crippen LogP contribution in [0.3, 0.4) is 0 Å². The number of halogens is 3. The van der Waals surface area contributed by atoms with Gasteiger partial charge < -0.3 is 19.9 Å². The van der Waals surface area contributed by atoms with Crippen LogP contribution in [0.25, 0.3) is 5.65 Å². The average molecular weight is 490 g/mol. The Labute approximate surface area is 178 Å². The molecule has 11 heteroatoms. The van der Waals surface area contributed by atoms with Gasteiger partial charge in [-0.25, -0.2) is 10.5 Å². The van der Waals surface area contributed by atoms with Crippen molar-refractivity contribution in [3.63, 3.8) is 0 Å². The standard InChI is InChI=1S/C17H15BrCl2N4O4/c18-9-1-2-13(12(19)5-9)22-15-11(17(27)23-28-8-10(26)7-25)6-24-4-3-21-16(24)14(15)20/h1-6,10,22,25-26H,7-8H2,(H,23,27). The van der Waals surface area contributed by atoms with Crippen molar-refractivity contribution in [1.82, 2.24) is 14.9 Å². The molecule has 3 rings (SSSR count). The van der Waals surface area contributed by atoms with Crippen LogP contribution in [-0.4, -0.2) is 44.8 Å². The number of hydrogen-bond donors (Lipinski definition) is 4. The van der Waals surface area contributed by atoms with Crippen molar-refractivity contribution in [1.29, 1.82) is 0 Å². The van der Waals surface area contributed by atoms with Gasteiger partial charge in [0.2, 0.25) is 0 Å². The van der Waals surface area contributed by atoms with Gasteiger partial charge in [0.15, 0.2) is 5.65 Å². The zero-order chi connectivity index (χ0) is 20.3. The Hall–Kier alpha value is -1.88. The first-order valence-corrected chi connectivity index (χ1v) is 9.54. The van der Waals surface area contributed by atoms with Crippen molar-refractivity contribution in [2.24, 2.45) is 0 Å². The Bertz CT molecular complexity index is 1010. The molecule has 1 aromatic carbocycles. The number of aliphatic hydroxyl groups is 2. The van der Waals surface area contributed by atoms with Gasteiger partial charge in [-0.15, -0.1) is 0 Å². The second-order valence-electron chi connectivity index (χ2n) is 5.72. The number of hydrogen-bond acceptors (Lipinski definition) is 6. The number of fused-ring (bicyclic) bond motifs is 1. The second-order valence-corrected chi connectivity index (χ2v) is 7.42. The van der Waals surface area contributed by atoms with E-state index < -0.39 is 18.6 Å². The molecule has 2 aromatic heterocycles. The lowest BCUT2D eigenvalue weighted by molar-refractivity contribution is -0.0295. The highest BCUT2D eigenvalue weighted by atomic mass is 79.9. The summed E-state index contributed by atoms with van der Waals surface area (Å²) in [7, 11) is 0. The van der Waals surface area contributed by atoms with Crippen molar-refractivity contribution < 1.29 is 19.8 Å². The summed E-state index contributed by atoms with van der Waals surface area (Å²) in [4.78, 5) is 21.8. The molecule has 28 heavy (non-hydrogen) atoms. The van der Waals surface area contributed by atoms with E-state index in [0.29, 0.717) is 16.4 Å². The molecule has 0 saturated heterocycles. The third kappa shape index (κ3) is 4.57. The molecule has 1 unspecified atom stereocenters. The molecular formula is C17H15BrCl2N4O4. The van der Waals surface area contributed by atoms with Gasteiger partial charge in [0.05, 0.1) is 28.6 Å². The van der Waals surface area contributed by atoms with E-state index in [1.807, 2.05) is 0 Å². The minimum absolute atomic E-state index is 0.160. The highest BCUT2D eigenvalue weighted by Gasteiger charge is 2.20. The molecule has 0 bridgehead atoms. The summed E-state index contributed by atoms with van der Waals surface area (Å²) in [5.41, 5.74) is 3.65. The Morgan fingerprint density at radius 1 is 1.39 bits per heavy atom. The third-order valence-corrected chi connectivity index (χ3v) is 4.87. The van der Waals surface area contributed by atoms with E-state index in [0.717, 1.165) is 4.47 Å². The topological polar surface area (TPSA) is 108 Å². The van der Waals surface area contributed by atoms with E-state index in [2.05, 4.69) is 31.7 Å².